The monoisotopic (exact) mass is 624 g/mol. The Morgan fingerprint density at radius 3 is 2.20 bits per heavy atom. The largest absolute Gasteiger partial charge is 0.419 e. The van der Waals surface area contributed by atoms with Gasteiger partial charge in [0.1, 0.15) is 5.82 Å². The highest BCUT2D eigenvalue weighted by Gasteiger charge is 2.43. The maximum Gasteiger partial charge on any atom is 0.419 e. The zero-order chi connectivity index (χ0) is 29.6. The van der Waals surface area contributed by atoms with Gasteiger partial charge < -0.3 is 14.7 Å². The van der Waals surface area contributed by atoms with Crippen LogP contribution >= 0.6 is 23.2 Å². The summed E-state index contributed by atoms with van der Waals surface area (Å²) >= 11 is 12.3. The minimum atomic E-state index is -4.99. The van der Waals surface area contributed by atoms with Crippen LogP contribution in [0.3, 0.4) is 0 Å². The van der Waals surface area contributed by atoms with Crippen molar-refractivity contribution in [2.24, 2.45) is 0 Å². The molecule has 2 aliphatic heterocycles. The van der Waals surface area contributed by atoms with Gasteiger partial charge in [0.2, 0.25) is 10.0 Å². The van der Waals surface area contributed by atoms with E-state index in [1.165, 1.54) is 21.2 Å². The first-order valence-corrected chi connectivity index (χ1v) is 14.8. The molecule has 0 radical (unpaired) electrons. The lowest BCUT2D eigenvalue weighted by Gasteiger charge is -2.35. The molecule has 2 aromatic carbocycles. The molecular weight excluding hydrogens is 599 g/mol. The number of sulfonamides is 1. The first kappa shape index (κ1) is 30.4. The van der Waals surface area contributed by atoms with Gasteiger partial charge in [-0.15, -0.1) is 0 Å². The fourth-order valence-corrected chi connectivity index (χ4v) is 6.21. The highest BCUT2D eigenvalue weighted by Crippen LogP contribution is 2.37. The van der Waals surface area contributed by atoms with Crippen LogP contribution in [0.15, 0.2) is 36.4 Å². The number of benzene rings is 2. The smallest absolute Gasteiger partial charge is 0.336 e. The quantitative estimate of drug-likeness (QED) is 0.473. The van der Waals surface area contributed by atoms with Crippen molar-refractivity contribution in [3.63, 3.8) is 0 Å². The molecule has 2 atom stereocenters. The number of urea groups is 1. The van der Waals surface area contributed by atoms with Gasteiger partial charge in [-0.25, -0.2) is 17.6 Å². The molecule has 2 fully saturated rings. The van der Waals surface area contributed by atoms with E-state index in [0.29, 0.717) is 11.6 Å². The molecule has 3 amide bonds. The third-order valence-corrected chi connectivity index (χ3v) is 9.30. The molecule has 0 bridgehead atoms. The molecule has 2 saturated heterocycles. The number of hydrogen-bond donors (Lipinski definition) is 0. The minimum absolute atomic E-state index is 0.00113. The fraction of sp³-hybridized carbons (Fsp3) is 0.440. The zero-order valence-corrected chi connectivity index (χ0v) is 23.8. The molecule has 0 saturated carbocycles. The van der Waals surface area contributed by atoms with Gasteiger partial charge >= 0.3 is 12.2 Å². The zero-order valence-electron chi connectivity index (χ0n) is 21.5. The van der Waals surface area contributed by atoms with Crippen molar-refractivity contribution < 1.29 is 35.6 Å². The Hall–Kier alpha value is -2.61. The molecule has 4 rings (SSSR count). The van der Waals surface area contributed by atoms with Crippen molar-refractivity contribution in [2.45, 2.75) is 18.1 Å². The number of amides is 3. The lowest BCUT2D eigenvalue weighted by Crippen LogP contribution is -2.53. The van der Waals surface area contributed by atoms with Crippen LogP contribution in [0.1, 0.15) is 27.4 Å². The lowest BCUT2D eigenvalue weighted by atomic mass is 9.93. The molecule has 0 aromatic heterocycles. The van der Waals surface area contributed by atoms with Crippen molar-refractivity contribution >= 4 is 45.2 Å². The second-order valence-electron chi connectivity index (χ2n) is 9.76. The minimum Gasteiger partial charge on any atom is -0.336 e. The SMILES string of the molecule is CN(C(=O)c1cccc(C(F)(F)F)c1F)[C@@H]1CN(C(=O)N2CCN(S(C)(=O)=O)CC2)CC1c1ccc(Cl)c(Cl)c1. The summed E-state index contributed by atoms with van der Waals surface area (Å²) in [6.07, 6.45) is -3.89. The number of halogens is 6. The Morgan fingerprint density at radius 1 is 0.975 bits per heavy atom. The van der Waals surface area contributed by atoms with Gasteiger partial charge in [0, 0.05) is 52.2 Å². The molecule has 1 unspecified atom stereocenters. The second kappa shape index (κ2) is 11.3. The molecule has 218 valence electrons. The number of likely N-dealkylation sites (tertiary alicyclic amines) is 1. The molecular formula is C25H26Cl2F4N4O4S. The maximum absolute atomic E-state index is 14.8. The van der Waals surface area contributed by atoms with Gasteiger partial charge in [0.05, 0.1) is 33.5 Å². The van der Waals surface area contributed by atoms with Crippen LogP contribution in [-0.2, 0) is 16.2 Å². The van der Waals surface area contributed by atoms with Crippen LogP contribution in [0.5, 0.6) is 0 Å². The summed E-state index contributed by atoms with van der Waals surface area (Å²) in [5.41, 5.74) is -1.67. The lowest BCUT2D eigenvalue weighted by molar-refractivity contribution is -0.140. The van der Waals surface area contributed by atoms with Gasteiger partial charge in [-0.3, -0.25) is 4.79 Å². The number of hydrogen-bond acceptors (Lipinski definition) is 4. The Labute approximate surface area is 239 Å². The Bertz CT molecular complexity index is 1420. The summed E-state index contributed by atoms with van der Waals surface area (Å²) in [5.74, 6) is -3.18. The summed E-state index contributed by atoms with van der Waals surface area (Å²) < 4.78 is 79.6. The number of nitrogens with zero attached hydrogens (tertiary/aromatic N) is 4. The molecule has 40 heavy (non-hydrogen) atoms. The molecule has 2 heterocycles. The maximum atomic E-state index is 14.8. The first-order valence-electron chi connectivity index (χ1n) is 12.2. The number of rotatable bonds is 4. The van der Waals surface area contributed by atoms with Gasteiger partial charge in [-0.1, -0.05) is 35.3 Å². The number of carbonyl (C=O) groups is 2. The highest BCUT2D eigenvalue weighted by molar-refractivity contribution is 7.88. The van der Waals surface area contributed by atoms with Crippen LogP contribution in [-0.4, -0.2) is 98.0 Å². The van der Waals surface area contributed by atoms with Crippen LogP contribution in [0, 0.1) is 5.82 Å². The van der Waals surface area contributed by atoms with E-state index in [0.717, 1.165) is 23.3 Å². The molecule has 2 aliphatic rings. The Morgan fingerprint density at radius 2 is 1.62 bits per heavy atom. The Balaban J connectivity index is 1.62. The number of piperazine rings is 1. The number of carbonyl (C=O) groups excluding carboxylic acids is 2. The van der Waals surface area contributed by atoms with Crippen LogP contribution in [0.2, 0.25) is 10.0 Å². The van der Waals surface area contributed by atoms with Gasteiger partial charge in [-0.05, 0) is 29.8 Å². The van der Waals surface area contributed by atoms with E-state index in [1.54, 1.807) is 18.2 Å². The van der Waals surface area contributed by atoms with Gasteiger partial charge in [-0.2, -0.15) is 17.5 Å². The van der Waals surface area contributed by atoms with Crippen molar-refractivity contribution in [2.75, 3.05) is 52.6 Å². The normalized spacial score (nSPS) is 20.6. The average molecular weight is 625 g/mol. The average Bonchev–Trinajstić information content (AvgIpc) is 3.33. The van der Waals surface area contributed by atoms with E-state index in [-0.39, 0.29) is 55.3 Å². The van der Waals surface area contributed by atoms with Crippen molar-refractivity contribution in [3.05, 3.63) is 69.0 Å². The van der Waals surface area contributed by atoms with Crippen LogP contribution < -0.4 is 0 Å². The number of likely N-dealkylation sites (N-methyl/N-ethyl adjacent to an activating group) is 1. The van der Waals surface area contributed by atoms with Crippen molar-refractivity contribution in [1.29, 1.82) is 0 Å². The van der Waals surface area contributed by atoms with E-state index < -0.39 is 51.0 Å². The van der Waals surface area contributed by atoms with E-state index in [4.69, 9.17) is 23.2 Å². The number of alkyl halides is 3. The molecule has 8 nitrogen and oxygen atoms in total. The van der Waals surface area contributed by atoms with Crippen molar-refractivity contribution in [3.8, 4) is 0 Å². The van der Waals surface area contributed by atoms with E-state index >= 15 is 0 Å². The fourth-order valence-electron chi connectivity index (χ4n) is 5.07. The highest BCUT2D eigenvalue weighted by atomic mass is 35.5. The molecule has 0 aliphatic carbocycles. The predicted molar refractivity (Wildman–Crippen MR) is 141 cm³/mol. The van der Waals surface area contributed by atoms with Gasteiger partial charge in [0.25, 0.3) is 5.91 Å². The Kier molecular flexibility index (Phi) is 8.61. The topological polar surface area (TPSA) is 81.2 Å². The van der Waals surface area contributed by atoms with E-state index in [9.17, 15) is 35.6 Å². The van der Waals surface area contributed by atoms with E-state index in [1.807, 2.05) is 0 Å². The van der Waals surface area contributed by atoms with Crippen LogP contribution in [0.25, 0.3) is 0 Å². The molecule has 2 aromatic rings. The molecule has 0 spiro atoms. The van der Waals surface area contributed by atoms with E-state index in [2.05, 4.69) is 0 Å². The molecule has 0 N–H and O–H groups in total. The van der Waals surface area contributed by atoms with Crippen LogP contribution in [0.4, 0.5) is 22.4 Å². The second-order valence-corrected chi connectivity index (χ2v) is 12.6. The summed E-state index contributed by atoms with van der Waals surface area (Å²) in [6.45, 7) is 0.704. The van der Waals surface area contributed by atoms with Crippen molar-refractivity contribution in [1.82, 2.24) is 19.0 Å². The third kappa shape index (κ3) is 6.17. The summed E-state index contributed by atoms with van der Waals surface area (Å²) in [4.78, 5) is 30.9. The summed E-state index contributed by atoms with van der Waals surface area (Å²) in [5, 5.41) is 0.518. The predicted octanol–water partition coefficient (Wildman–Crippen LogP) is 4.39. The summed E-state index contributed by atoms with van der Waals surface area (Å²) in [7, 11) is -2.06. The third-order valence-electron chi connectivity index (χ3n) is 7.26. The standard InChI is InChI=1S/C25H26Cl2F4N4O4S/c1-32(23(36)16-4-3-5-18(22(16)28)25(29,30)31)21-14-34(13-17(21)15-6-7-19(26)20(27)12-15)24(37)33-8-10-35(11-9-33)40(2,38)39/h3-7,12,17,21H,8-11,13-14H2,1-2H3/t17?,21-/m1/s1. The molecule has 15 heteroatoms. The summed E-state index contributed by atoms with van der Waals surface area (Å²) in [6, 6.07) is 6.19. The first-order chi connectivity index (χ1) is 18.6. The van der Waals surface area contributed by atoms with Gasteiger partial charge in [0.15, 0.2) is 0 Å².